The van der Waals surface area contributed by atoms with Crippen molar-refractivity contribution in [3.8, 4) is 0 Å². The Morgan fingerprint density at radius 1 is 1.28 bits per heavy atom. The van der Waals surface area contributed by atoms with Gasteiger partial charge in [0.05, 0.1) is 0 Å². The zero-order chi connectivity index (χ0) is 13.8. The van der Waals surface area contributed by atoms with E-state index in [1.807, 2.05) is 0 Å². The van der Waals surface area contributed by atoms with E-state index in [4.69, 9.17) is 4.74 Å². The van der Waals surface area contributed by atoms with Gasteiger partial charge >= 0.3 is 13.1 Å². The molecule has 0 bridgehead atoms. The van der Waals surface area contributed by atoms with Gasteiger partial charge in [0.2, 0.25) is 0 Å². The van der Waals surface area contributed by atoms with E-state index in [-0.39, 0.29) is 18.3 Å². The molecule has 7 heteroatoms. The molecule has 3 nitrogen and oxygen atoms in total. The zero-order valence-electron chi connectivity index (χ0n) is 10.9. The molecule has 1 amide bonds. The van der Waals surface area contributed by atoms with E-state index >= 15 is 0 Å². The van der Waals surface area contributed by atoms with Gasteiger partial charge in [-0.15, -0.1) is 0 Å². The number of nitrogens with zero attached hydrogens (tertiary/aromatic N) is 1. The summed E-state index contributed by atoms with van der Waals surface area (Å²) in [6.07, 6.45) is -0.0694. The van der Waals surface area contributed by atoms with Gasteiger partial charge < -0.3 is 22.6 Å². The lowest BCUT2D eigenvalue weighted by molar-refractivity contribution is -0.0731. The average Bonchev–Trinajstić information content (AvgIpc) is 1.90. The maximum absolute atomic E-state index is 12.4. The highest BCUT2D eigenvalue weighted by Crippen LogP contribution is 2.59. The first-order valence-corrected chi connectivity index (χ1v) is 6.19. The van der Waals surface area contributed by atoms with Crippen molar-refractivity contribution in [1.82, 2.24) is 4.90 Å². The summed E-state index contributed by atoms with van der Waals surface area (Å²) >= 11 is 0. The smallest absolute Gasteiger partial charge is 0.449 e. The minimum atomic E-state index is -4.71. The molecule has 2 rings (SSSR count). The number of halogens is 3. The van der Waals surface area contributed by atoms with E-state index in [2.05, 4.69) is 0 Å². The number of carbonyl (C=O) groups is 1. The summed E-state index contributed by atoms with van der Waals surface area (Å²) in [5, 5.41) is 0. The molecule has 104 valence electrons. The number of hydrogen-bond donors (Lipinski definition) is 0. The van der Waals surface area contributed by atoms with Crippen LogP contribution in [0.25, 0.3) is 0 Å². The van der Waals surface area contributed by atoms with Gasteiger partial charge in [0.15, 0.2) is 0 Å². The van der Waals surface area contributed by atoms with Crippen molar-refractivity contribution in [2.24, 2.45) is 5.41 Å². The average molecular weight is 264 g/mol. The molecule has 1 saturated carbocycles. The fourth-order valence-corrected chi connectivity index (χ4v) is 2.80. The van der Waals surface area contributed by atoms with E-state index in [1.165, 1.54) is 4.90 Å². The van der Waals surface area contributed by atoms with Gasteiger partial charge in [-0.1, -0.05) is 18.7 Å². The van der Waals surface area contributed by atoms with Crippen molar-refractivity contribution in [2.75, 3.05) is 13.1 Å². The molecular formula is C11H18BF3NO2-. The molecule has 1 spiro atoms. The standard InChI is InChI=1S/C11H18BF3NO2/c1-10(2,3)18-9(17)16-6-11(7-16)4-8(5-11)12(13,14)15/h8H,4-7H2,1-3H3/q-1. The van der Waals surface area contributed by atoms with Crippen LogP contribution in [0, 0.1) is 5.41 Å². The number of rotatable bonds is 1. The van der Waals surface area contributed by atoms with Crippen LogP contribution in [0.3, 0.4) is 0 Å². The maximum atomic E-state index is 12.4. The highest BCUT2D eigenvalue weighted by atomic mass is 19.4. The number of hydrogen-bond acceptors (Lipinski definition) is 2. The molecule has 0 atom stereocenters. The molecular weight excluding hydrogens is 246 g/mol. The Bertz CT molecular complexity index is 350. The van der Waals surface area contributed by atoms with Crippen LogP contribution < -0.4 is 0 Å². The van der Waals surface area contributed by atoms with Crippen molar-refractivity contribution < 1.29 is 22.5 Å². The van der Waals surface area contributed by atoms with Crippen molar-refractivity contribution in [2.45, 2.75) is 45.0 Å². The van der Waals surface area contributed by atoms with Gasteiger partial charge in [0, 0.05) is 18.5 Å². The van der Waals surface area contributed by atoms with Crippen LogP contribution in [0.2, 0.25) is 5.82 Å². The molecule has 0 radical (unpaired) electrons. The van der Waals surface area contributed by atoms with Crippen LogP contribution in [-0.2, 0) is 4.74 Å². The van der Waals surface area contributed by atoms with Gasteiger partial charge in [-0.05, 0) is 20.8 Å². The third kappa shape index (κ3) is 2.59. The first-order valence-electron chi connectivity index (χ1n) is 6.19. The summed E-state index contributed by atoms with van der Waals surface area (Å²) in [5.74, 6) is -1.12. The monoisotopic (exact) mass is 264 g/mol. The third-order valence-corrected chi connectivity index (χ3v) is 3.63. The van der Waals surface area contributed by atoms with Crippen molar-refractivity contribution in [3.63, 3.8) is 0 Å². The normalized spacial score (nSPS) is 23.6. The van der Waals surface area contributed by atoms with Gasteiger partial charge in [0.1, 0.15) is 5.60 Å². The Morgan fingerprint density at radius 2 is 1.78 bits per heavy atom. The third-order valence-electron chi connectivity index (χ3n) is 3.63. The molecule has 0 aromatic carbocycles. The molecule has 18 heavy (non-hydrogen) atoms. The maximum Gasteiger partial charge on any atom is 0.481 e. The quantitative estimate of drug-likeness (QED) is 0.680. The van der Waals surface area contributed by atoms with Crippen LogP contribution >= 0.6 is 0 Å². The summed E-state index contributed by atoms with van der Waals surface area (Å²) < 4.78 is 42.5. The van der Waals surface area contributed by atoms with Crippen LogP contribution in [-0.4, -0.2) is 36.7 Å². The van der Waals surface area contributed by atoms with Crippen molar-refractivity contribution in [3.05, 3.63) is 0 Å². The van der Waals surface area contributed by atoms with Crippen LogP contribution in [0.5, 0.6) is 0 Å². The minimum absolute atomic E-state index is 0.176. The van der Waals surface area contributed by atoms with Gasteiger partial charge in [0.25, 0.3) is 0 Å². The Labute approximate surface area is 105 Å². The minimum Gasteiger partial charge on any atom is -0.449 e. The summed E-state index contributed by atoms with van der Waals surface area (Å²) in [7, 11) is 0. The number of ether oxygens (including phenoxy) is 1. The molecule has 0 aromatic rings. The largest absolute Gasteiger partial charge is 0.481 e. The predicted molar refractivity (Wildman–Crippen MR) is 62.3 cm³/mol. The van der Waals surface area contributed by atoms with E-state index < -0.39 is 24.5 Å². The number of carbonyl (C=O) groups excluding carboxylic acids is 1. The summed E-state index contributed by atoms with van der Waals surface area (Å²) in [6, 6.07) is 0. The zero-order valence-corrected chi connectivity index (χ0v) is 10.9. The fraction of sp³-hybridized carbons (Fsp3) is 0.909. The highest BCUT2D eigenvalue weighted by Gasteiger charge is 2.58. The molecule has 1 heterocycles. The molecule has 1 saturated heterocycles. The first-order chi connectivity index (χ1) is 8.01. The summed E-state index contributed by atoms with van der Waals surface area (Å²) in [5.41, 5.74) is -0.837. The molecule has 0 N–H and O–H groups in total. The highest BCUT2D eigenvalue weighted by molar-refractivity contribution is 6.60. The number of amides is 1. The second-order valence-corrected chi connectivity index (χ2v) is 6.63. The summed E-state index contributed by atoms with van der Waals surface area (Å²) in [6.45, 7) is 1.42. The SMILES string of the molecule is CC(C)(C)OC(=O)N1CC2(CC([B-](F)(F)F)C2)C1. The van der Waals surface area contributed by atoms with E-state index in [1.54, 1.807) is 20.8 Å². The Balaban J connectivity index is 1.77. The van der Waals surface area contributed by atoms with Gasteiger partial charge in [-0.3, -0.25) is 0 Å². The lowest BCUT2D eigenvalue weighted by Crippen LogP contribution is -2.65. The predicted octanol–water partition coefficient (Wildman–Crippen LogP) is 3.23. The molecule has 2 fully saturated rings. The molecule has 1 aliphatic carbocycles. The fourth-order valence-electron chi connectivity index (χ4n) is 2.80. The lowest BCUT2D eigenvalue weighted by atomic mass is 9.47. The topological polar surface area (TPSA) is 29.5 Å². The Kier molecular flexibility index (Phi) is 2.87. The second-order valence-electron chi connectivity index (χ2n) is 6.63. The first kappa shape index (κ1) is 13.6. The van der Waals surface area contributed by atoms with Gasteiger partial charge in [-0.25, -0.2) is 4.79 Å². The van der Waals surface area contributed by atoms with Gasteiger partial charge in [-0.2, -0.15) is 0 Å². The van der Waals surface area contributed by atoms with Crippen molar-refractivity contribution in [1.29, 1.82) is 0 Å². The van der Waals surface area contributed by atoms with Crippen LogP contribution in [0.15, 0.2) is 0 Å². The van der Waals surface area contributed by atoms with E-state index in [0.29, 0.717) is 13.1 Å². The Hall–Kier alpha value is -0.875. The second kappa shape index (κ2) is 3.81. The Morgan fingerprint density at radius 3 is 2.17 bits per heavy atom. The molecule has 0 aromatic heterocycles. The van der Waals surface area contributed by atoms with Crippen LogP contribution in [0.1, 0.15) is 33.6 Å². The molecule has 2 aliphatic rings. The van der Waals surface area contributed by atoms with E-state index in [0.717, 1.165) is 0 Å². The van der Waals surface area contributed by atoms with Crippen LogP contribution in [0.4, 0.5) is 17.7 Å². The number of likely N-dealkylation sites (tertiary alicyclic amines) is 1. The van der Waals surface area contributed by atoms with Crippen molar-refractivity contribution >= 4 is 13.1 Å². The molecule has 0 unspecified atom stereocenters. The molecule has 1 aliphatic heterocycles. The van der Waals surface area contributed by atoms with E-state index in [9.17, 15) is 17.7 Å². The summed E-state index contributed by atoms with van der Waals surface area (Å²) in [4.78, 5) is 13.1. The lowest BCUT2D eigenvalue weighted by Gasteiger charge is -2.61.